The summed E-state index contributed by atoms with van der Waals surface area (Å²) in [7, 11) is 0. The molecule has 3 rings (SSSR count). The van der Waals surface area contributed by atoms with E-state index in [0.717, 1.165) is 17.7 Å². The van der Waals surface area contributed by atoms with Gasteiger partial charge in [0.25, 0.3) is 0 Å². The smallest absolute Gasteiger partial charge is 0.222 e. The Labute approximate surface area is 179 Å². The van der Waals surface area contributed by atoms with Crippen LogP contribution in [0.25, 0.3) is 11.3 Å². The van der Waals surface area contributed by atoms with Crippen molar-refractivity contribution in [3.8, 4) is 11.3 Å². The van der Waals surface area contributed by atoms with E-state index in [9.17, 15) is 9.18 Å². The van der Waals surface area contributed by atoms with Crippen molar-refractivity contribution in [3.63, 3.8) is 0 Å². The number of anilines is 1. The van der Waals surface area contributed by atoms with Crippen molar-refractivity contribution < 1.29 is 9.18 Å². The molecule has 1 amide bonds. The van der Waals surface area contributed by atoms with E-state index >= 15 is 0 Å². The quantitative estimate of drug-likeness (QED) is 0.572. The number of hydrogen-bond acceptors (Lipinski definition) is 3. The number of hydrogen-bond donors (Lipinski definition) is 1. The Morgan fingerprint density at radius 3 is 2.47 bits per heavy atom. The Morgan fingerprint density at radius 1 is 1.20 bits per heavy atom. The highest BCUT2D eigenvalue weighted by Gasteiger charge is 2.38. The minimum atomic E-state index is -0.273. The van der Waals surface area contributed by atoms with Gasteiger partial charge in [-0.1, -0.05) is 33.6 Å². The van der Waals surface area contributed by atoms with Gasteiger partial charge in [0.2, 0.25) is 5.91 Å². The maximum atomic E-state index is 13.4. The number of amides is 1. The number of unbranched alkanes of at least 4 members (excludes halogenated alkanes) is 1. The molecule has 0 aliphatic heterocycles. The van der Waals surface area contributed by atoms with E-state index < -0.39 is 0 Å². The molecule has 1 heterocycles. The Kier molecular flexibility index (Phi) is 7.22. The molecular weight excluding hydrogens is 377 g/mol. The number of benzene rings is 1. The molecule has 1 saturated carbocycles. The number of nitrogens with one attached hydrogen (secondary N) is 1. The van der Waals surface area contributed by atoms with Crippen LogP contribution < -0.4 is 5.32 Å². The Hall–Kier alpha value is -2.30. The average Bonchev–Trinajstić information content (AvgIpc) is 2.67. The van der Waals surface area contributed by atoms with Crippen LogP contribution in [0.4, 0.5) is 10.2 Å². The predicted octanol–water partition coefficient (Wildman–Crippen LogP) is 6.42. The fraction of sp³-hybridized carbons (Fsp3) is 0.560. The summed E-state index contributed by atoms with van der Waals surface area (Å²) in [5.41, 5.74) is 2.55. The fourth-order valence-electron chi connectivity index (χ4n) is 5.34. The number of nitrogens with zero attached hydrogens (tertiary/aromatic N) is 2. The summed E-state index contributed by atoms with van der Waals surface area (Å²) in [4.78, 5) is 21.3. The first-order valence-electron chi connectivity index (χ1n) is 11.2. The first kappa shape index (κ1) is 22.4. The van der Waals surface area contributed by atoms with E-state index in [1.165, 1.54) is 57.6 Å². The van der Waals surface area contributed by atoms with Crippen LogP contribution >= 0.6 is 0 Å². The molecule has 1 aromatic heterocycles. The van der Waals surface area contributed by atoms with E-state index in [2.05, 4.69) is 31.1 Å². The zero-order valence-electron chi connectivity index (χ0n) is 18.7. The molecule has 1 aliphatic carbocycles. The van der Waals surface area contributed by atoms with Gasteiger partial charge < -0.3 is 5.32 Å². The SMILES string of the molecule is CCCCC1(Cc2nc(-c3ccc(F)cc3)cnc2NC(C)=O)CC(C)CC(C)C1. The number of rotatable bonds is 7. The summed E-state index contributed by atoms with van der Waals surface area (Å²) >= 11 is 0. The van der Waals surface area contributed by atoms with Crippen LogP contribution in [0.3, 0.4) is 0 Å². The number of halogens is 1. The lowest BCUT2D eigenvalue weighted by Crippen LogP contribution is -2.34. The molecule has 162 valence electrons. The standard InChI is InChI=1S/C25H34FN3O/c1-5-6-11-25(13-17(2)12-18(3)14-25)15-22-24(28-19(4)30)27-16-23(29-22)20-7-9-21(26)10-8-20/h7-10,16-18H,5-6,11-15H2,1-4H3,(H,27,28,30). The van der Waals surface area contributed by atoms with E-state index in [4.69, 9.17) is 4.98 Å². The van der Waals surface area contributed by atoms with Crippen molar-refractivity contribution in [1.82, 2.24) is 9.97 Å². The van der Waals surface area contributed by atoms with Crippen LogP contribution in [0.1, 0.15) is 71.9 Å². The molecule has 2 atom stereocenters. The minimum absolute atomic E-state index is 0.145. The largest absolute Gasteiger partial charge is 0.309 e. The van der Waals surface area contributed by atoms with E-state index in [0.29, 0.717) is 23.3 Å². The topological polar surface area (TPSA) is 54.9 Å². The molecule has 1 aliphatic rings. The molecule has 1 fully saturated rings. The Morgan fingerprint density at radius 2 is 1.87 bits per heavy atom. The van der Waals surface area contributed by atoms with Crippen LogP contribution in [-0.4, -0.2) is 15.9 Å². The number of aromatic nitrogens is 2. The van der Waals surface area contributed by atoms with E-state index in [-0.39, 0.29) is 17.1 Å². The zero-order valence-corrected chi connectivity index (χ0v) is 18.7. The van der Waals surface area contributed by atoms with Gasteiger partial charge in [-0.25, -0.2) is 14.4 Å². The highest BCUT2D eigenvalue weighted by Crippen LogP contribution is 2.48. The van der Waals surface area contributed by atoms with Gasteiger partial charge in [0.15, 0.2) is 5.82 Å². The molecule has 0 radical (unpaired) electrons. The number of carbonyl (C=O) groups excluding carboxylic acids is 1. The molecule has 2 aromatic rings. The molecule has 1 N–H and O–H groups in total. The molecule has 0 spiro atoms. The summed E-state index contributed by atoms with van der Waals surface area (Å²) < 4.78 is 13.4. The minimum Gasteiger partial charge on any atom is -0.309 e. The van der Waals surface area contributed by atoms with Crippen molar-refractivity contribution in [2.24, 2.45) is 17.3 Å². The van der Waals surface area contributed by atoms with Crippen molar-refractivity contribution in [2.75, 3.05) is 5.32 Å². The van der Waals surface area contributed by atoms with Gasteiger partial charge >= 0.3 is 0 Å². The van der Waals surface area contributed by atoms with Gasteiger partial charge in [-0.15, -0.1) is 0 Å². The van der Waals surface area contributed by atoms with Gasteiger partial charge in [-0.3, -0.25) is 4.79 Å². The van der Waals surface area contributed by atoms with Gasteiger partial charge in [0, 0.05) is 12.5 Å². The molecule has 4 nitrogen and oxygen atoms in total. The molecule has 30 heavy (non-hydrogen) atoms. The first-order valence-corrected chi connectivity index (χ1v) is 11.2. The van der Waals surface area contributed by atoms with E-state index in [1.54, 1.807) is 18.3 Å². The van der Waals surface area contributed by atoms with Crippen molar-refractivity contribution in [3.05, 3.63) is 42.0 Å². The summed E-state index contributed by atoms with van der Waals surface area (Å²) in [6.45, 7) is 8.44. The molecular formula is C25H34FN3O. The predicted molar refractivity (Wildman–Crippen MR) is 120 cm³/mol. The second-order valence-electron chi connectivity index (χ2n) is 9.37. The lowest BCUT2D eigenvalue weighted by molar-refractivity contribution is -0.114. The van der Waals surface area contributed by atoms with Crippen LogP contribution in [0, 0.1) is 23.1 Å². The van der Waals surface area contributed by atoms with Crippen molar-refractivity contribution >= 4 is 11.7 Å². The third-order valence-corrected chi connectivity index (χ3v) is 6.25. The molecule has 2 unspecified atom stereocenters. The third-order valence-electron chi connectivity index (χ3n) is 6.25. The maximum absolute atomic E-state index is 13.4. The third kappa shape index (κ3) is 5.65. The number of carbonyl (C=O) groups is 1. The van der Waals surface area contributed by atoms with Crippen LogP contribution in [0.2, 0.25) is 0 Å². The summed E-state index contributed by atoms with van der Waals surface area (Å²) in [6.07, 6.45) is 9.63. The van der Waals surface area contributed by atoms with Crippen LogP contribution in [-0.2, 0) is 11.2 Å². The highest BCUT2D eigenvalue weighted by atomic mass is 19.1. The Bertz CT molecular complexity index is 855. The van der Waals surface area contributed by atoms with Crippen LogP contribution in [0.15, 0.2) is 30.5 Å². The second kappa shape index (κ2) is 9.67. The second-order valence-corrected chi connectivity index (χ2v) is 9.37. The summed E-state index contributed by atoms with van der Waals surface area (Å²) in [5.74, 6) is 1.50. The molecule has 0 bridgehead atoms. The van der Waals surface area contributed by atoms with E-state index in [1.807, 2.05) is 0 Å². The molecule has 5 heteroatoms. The van der Waals surface area contributed by atoms with Crippen molar-refractivity contribution in [1.29, 1.82) is 0 Å². The molecule has 0 saturated heterocycles. The molecule has 1 aromatic carbocycles. The Balaban J connectivity index is 1.99. The first-order chi connectivity index (χ1) is 14.3. The van der Waals surface area contributed by atoms with Crippen molar-refractivity contribution in [2.45, 2.75) is 72.6 Å². The normalized spacial score (nSPS) is 23.9. The lowest BCUT2D eigenvalue weighted by Gasteiger charge is -2.43. The average molecular weight is 412 g/mol. The van der Waals surface area contributed by atoms with Gasteiger partial charge in [-0.2, -0.15) is 0 Å². The fourth-order valence-corrected chi connectivity index (χ4v) is 5.34. The maximum Gasteiger partial charge on any atom is 0.222 e. The summed E-state index contributed by atoms with van der Waals surface area (Å²) in [5, 5.41) is 2.87. The van der Waals surface area contributed by atoms with Gasteiger partial charge in [0.1, 0.15) is 5.82 Å². The van der Waals surface area contributed by atoms with Gasteiger partial charge in [-0.05, 0) is 73.6 Å². The zero-order chi connectivity index (χ0) is 21.7. The lowest BCUT2D eigenvalue weighted by atomic mass is 9.62. The summed E-state index contributed by atoms with van der Waals surface area (Å²) in [6, 6.07) is 6.31. The van der Waals surface area contributed by atoms with Gasteiger partial charge in [0.05, 0.1) is 17.6 Å². The monoisotopic (exact) mass is 411 g/mol. The highest BCUT2D eigenvalue weighted by molar-refractivity contribution is 5.88. The van der Waals surface area contributed by atoms with Crippen LogP contribution in [0.5, 0.6) is 0 Å².